The van der Waals surface area contributed by atoms with E-state index in [4.69, 9.17) is 56.8 Å². The van der Waals surface area contributed by atoms with Crippen molar-refractivity contribution < 1.29 is 208 Å². The molecule has 6 rings (SSSR count). The molecule has 6 heterocycles. The van der Waals surface area contributed by atoms with Crippen molar-refractivity contribution >= 4 is 47.3 Å². The first-order chi connectivity index (χ1) is 66.6. The zero-order chi connectivity index (χ0) is 104. The van der Waals surface area contributed by atoms with Gasteiger partial charge in [0, 0.05) is 58.8 Å². The summed E-state index contributed by atoms with van der Waals surface area (Å²) >= 11 is 0. The number of hydrogen-bond donors (Lipinski definition) is 26. The molecule has 0 aliphatic carbocycles. The van der Waals surface area contributed by atoms with Crippen molar-refractivity contribution in [2.45, 2.75) is 492 Å². The van der Waals surface area contributed by atoms with E-state index in [0.29, 0.717) is 12.8 Å². The number of carbonyl (C=O) groups is 8. The number of Topliss-reactive ketones (excluding diaryl/α,β-unsaturated/α-hetero) is 1. The van der Waals surface area contributed by atoms with Crippen LogP contribution in [0.15, 0.2) is 0 Å². The van der Waals surface area contributed by atoms with Gasteiger partial charge in [-0.15, -0.1) is 0 Å². The van der Waals surface area contributed by atoms with Gasteiger partial charge in [0.15, 0.2) is 18.9 Å². The number of aliphatic hydroxyl groups excluding tert-OH is 19. The molecule has 0 radical (unpaired) electrons. The van der Waals surface area contributed by atoms with Gasteiger partial charge in [-0.25, -0.2) is 14.4 Å². The molecule has 26 N–H and O–H groups in total. The molecule has 6 aliphatic heterocycles. The Labute approximate surface area is 817 Å². The first-order valence-electron chi connectivity index (χ1n) is 50.4. The number of nitrogens with one attached hydrogen (secondary N) is 4. The lowest BCUT2D eigenvalue weighted by atomic mass is 9.86. The molecule has 3 unspecified atom stereocenters. The third kappa shape index (κ3) is 36.6. The zero-order valence-electron chi connectivity index (χ0n) is 81.8. The first-order valence-corrected chi connectivity index (χ1v) is 50.4. The van der Waals surface area contributed by atoms with E-state index in [0.717, 1.165) is 98.3 Å². The normalized spacial score (nSPS) is 33.3. The van der Waals surface area contributed by atoms with Gasteiger partial charge in [0.1, 0.15) is 122 Å². The summed E-state index contributed by atoms with van der Waals surface area (Å²) < 4.78 is 72.1. The fraction of sp³-hybridized carbons (Fsp3) is 0.915. The van der Waals surface area contributed by atoms with E-state index in [1.807, 2.05) is 0 Å². The maximum absolute atomic E-state index is 14.5. The second-order valence-electron chi connectivity index (χ2n) is 38.5. The van der Waals surface area contributed by atoms with Crippen molar-refractivity contribution in [1.82, 2.24) is 21.3 Å². The number of aliphatic carboxylic acids is 3. The number of hydrogen-bond acceptors (Lipinski definition) is 39. The Morgan fingerprint density at radius 2 is 0.736 bits per heavy atom. The maximum atomic E-state index is 14.5. The van der Waals surface area contributed by atoms with Crippen LogP contribution in [0, 0.1) is 5.92 Å². The number of aliphatic hydroxyl groups is 19. The summed E-state index contributed by atoms with van der Waals surface area (Å²) in [5.41, 5.74) is 0. The predicted octanol–water partition coefficient (Wildman–Crippen LogP) is -1.64. The van der Waals surface area contributed by atoms with E-state index >= 15 is 0 Å². The average molecular weight is 2020 g/mol. The van der Waals surface area contributed by atoms with E-state index in [1.54, 1.807) is 0 Å². The van der Waals surface area contributed by atoms with Crippen molar-refractivity contribution in [3.8, 4) is 0 Å². The molecule has 0 aromatic rings. The van der Waals surface area contributed by atoms with Crippen LogP contribution in [-0.4, -0.2) is 413 Å². The maximum Gasteiger partial charge on any atom is 0.364 e. The second-order valence-corrected chi connectivity index (χ2v) is 38.5. The number of ketones is 1. The number of carboxylic acids is 3. The molecule has 0 bridgehead atoms. The van der Waals surface area contributed by atoms with E-state index in [1.165, 1.54) is 122 Å². The van der Waals surface area contributed by atoms with E-state index in [9.17, 15) is 151 Å². The minimum Gasteiger partial charge on any atom is -0.477 e. The lowest BCUT2D eigenvalue weighted by Crippen LogP contribution is -2.72. The molecule has 814 valence electrons. The van der Waals surface area contributed by atoms with Gasteiger partial charge in [-0.1, -0.05) is 213 Å². The van der Waals surface area contributed by atoms with Crippen LogP contribution in [-0.2, 0) is 95.2 Å². The van der Waals surface area contributed by atoms with Crippen LogP contribution >= 0.6 is 0 Å². The Kier molecular flexibility index (Phi) is 55.3. The molecule has 6 saturated heterocycles. The van der Waals surface area contributed by atoms with Crippen LogP contribution in [0.2, 0.25) is 0 Å². The molecule has 4 amide bonds. The zero-order valence-corrected chi connectivity index (χ0v) is 81.8. The minimum atomic E-state index is -3.70. The smallest absolute Gasteiger partial charge is 0.364 e. The van der Waals surface area contributed by atoms with Gasteiger partial charge in [0.05, 0.1) is 101 Å². The topological polar surface area (TPSA) is 741 Å². The molecule has 6 fully saturated rings. The third-order valence-corrected chi connectivity index (χ3v) is 27.1. The number of carbonyl (C=O) groups excluding carboxylic acids is 5. The Morgan fingerprint density at radius 1 is 0.379 bits per heavy atom. The Balaban J connectivity index is 1.29. The molecule has 6 aliphatic rings. The van der Waals surface area contributed by atoms with E-state index < -0.39 is 332 Å². The van der Waals surface area contributed by atoms with Gasteiger partial charge in [-0.3, -0.25) is 19.2 Å². The highest BCUT2D eigenvalue weighted by molar-refractivity contribution is 5.79. The third-order valence-electron chi connectivity index (χ3n) is 27.1. The average Bonchev–Trinajstić information content (AvgIpc) is 0.752. The van der Waals surface area contributed by atoms with Crippen LogP contribution < -0.4 is 21.3 Å². The Morgan fingerprint density at radius 3 is 1.11 bits per heavy atom. The fourth-order valence-electron chi connectivity index (χ4n) is 19.3. The minimum absolute atomic E-state index is 0.108. The van der Waals surface area contributed by atoms with Gasteiger partial charge >= 0.3 is 17.9 Å². The SMILES string of the molecule is CCCCCCCCCCCCCCCCCCCCCC(=O)N[C@@H](CO[C@@H]1O[C@H](CO)[C@@H](O[C@@H]2O[C@H](CO)[C@H](O[C@@H]3O[C@H](CO)[C@H](O)[C@H](O)[C@H]3CC(C)=O)[C@H](O[C@]3(C(=O)O)C[C@H](O)[C@@H](NC(C)=O)C([C@H](O)[C@@H](CO)O[C@]4(C(=O)O)C[C@H](O)[C@@H](NC(C)=O)C([C@H](O)[C@@H](CO)O[C@]5(C(=O)O)C[C@H](O)[C@@H](NC(C)=O)C([C@H](O)[C@H](O)CO)O5)O4)O3)[C@H]2O)[C@H](O)[C@H]1O)[C@H](O)CCCCCCCCCCCCCCC. The number of amides is 4. The molecule has 0 aromatic heterocycles. The van der Waals surface area contributed by atoms with Crippen molar-refractivity contribution in [2.24, 2.45) is 5.92 Å². The Bertz CT molecular complexity index is 3590. The van der Waals surface area contributed by atoms with Crippen LogP contribution in [0.3, 0.4) is 0 Å². The lowest BCUT2D eigenvalue weighted by Gasteiger charge is -2.53. The molecule has 0 spiro atoms. The first kappa shape index (κ1) is 123. The summed E-state index contributed by atoms with van der Waals surface area (Å²) in [4.78, 5) is 107. The molecule has 46 heteroatoms. The summed E-state index contributed by atoms with van der Waals surface area (Å²) in [5.74, 6) is -23.5. The summed E-state index contributed by atoms with van der Waals surface area (Å²) in [5, 5.41) is 262. The van der Waals surface area contributed by atoms with Crippen molar-refractivity contribution in [3.63, 3.8) is 0 Å². The molecule has 35 atom stereocenters. The van der Waals surface area contributed by atoms with Crippen LogP contribution in [0.1, 0.15) is 286 Å². The number of carboxylic acid groups (broad SMARTS) is 3. The predicted molar refractivity (Wildman–Crippen MR) is 488 cm³/mol. The van der Waals surface area contributed by atoms with Crippen molar-refractivity contribution in [1.29, 1.82) is 0 Å². The number of ether oxygens (including phenoxy) is 12. The van der Waals surface area contributed by atoms with Gasteiger partial charge in [0.25, 0.3) is 17.4 Å². The van der Waals surface area contributed by atoms with Crippen molar-refractivity contribution in [2.75, 3.05) is 46.2 Å². The van der Waals surface area contributed by atoms with Gasteiger partial charge < -0.3 is 195 Å². The summed E-state index contributed by atoms with van der Waals surface area (Å²) in [6, 6.07) is -7.20. The van der Waals surface area contributed by atoms with Gasteiger partial charge in [0.2, 0.25) is 23.6 Å². The number of rotatable bonds is 69. The summed E-state index contributed by atoms with van der Waals surface area (Å²) in [6.07, 6.45) is -30.2. The highest BCUT2D eigenvalue weighted by atomic mass is 16.8. The largest absolute Gasteiger partial charge is 0.477 e. The van der Waals surface area contributed by atoms with Crippen LogP contribution in [0.25, 0.3) is 0 Å². The quantitative estimate of drug-likeness (QED) is 0.0304. The molecule has 0 aromatic carbocycles. The number of unbranched alkanes of at least 4 members (excludes halogenated alkanes) is 30. The van der Waals surface area contributed by atoms with Crippen LogP contribution in [0.5, 0.6) is 0 Å². The lowest BCUT2D eigenvalue weighted by molar-refractivity contribution is -0.404. The van der Waals surface area contributed by atoms with Crippen LogP contribution in [0.4, 0.5) is 0 Å². The highest BCUT2D eigenvalue weighted by Crippen LogP contribution is 2.45. The molecule has 46 nitrogen and oxygen atoms in total. The molecule has 0 saturated carbocycles. The monoisotopic (exact) mass is 2020 g/mol. The summed E-state index contributed by atoms with van der Waals surface area (Å²) in [6.45, 7) is -0.482. The molecular weight excluding hydrogens is 1860 g/mol. The van der Waals surface area contributed by atoms with E-state index in [2.05, 4.69) is 35.1 Å². The molecule has 140 heavy (non-hydrogen) atoms. The Hall–Kier alpha value is -5.28. The van der Waals surface area contributed by atoms with E-state index in [-0.39, 0.29) is 12.8 Å². The van der Waals surface area contributed by atoms with Gasteiger partial charge in [-0.05, 0) is 19.8 Å². The fourth-order valence-corrected chi connectivity index (χ4v) is 19.3. The standard InChI is InChI=1S/C94H166N4O42/c1-7-9-11-13-15-17-19-21-22-23-24-25-26-28-30-32-34-36-38-40-68(114)98-57(58(109)39-37-35-33-31-29-27-20-18-16-14-12-10-8-2)51-129-87-78(121)77(120)80(66(49-103)131-87)133-88-79(122)85(81(67(50-104)132-88)134-86-56(41-52(3)105)72(115)74(117)63(46-100)130-86)140-94(91(127)128)44-61(112)71(97-55(6)108)84(139-94)76(119)65(48-102)136-93(90(125)126)43-60(111)70(96-54(5)107)83(138-93)75(118)64(47-101)135-92(89(123)124)42-59(110)69(95-53(4)106)82(137-92)73(116)62(113)45-99/h56-67,69-88,99-104,109-113,115-122H,7-51H2,1-6H3,(H,95,106)(H,96,107)(H,97,108)(H,98,114)(H,123,124)(H,125,126)(H,127,128)/t56-,57+,58-,59+,60+,61+,62-,63-,64-,65-,66-,67-,69-,70-,71-,72-,73-,74+,75-,76-,77-,78-,79-,80-,81+,82?,83?,84?,85-,86+,87-,88+,92-,93-,94+/m1/s1. The second kappa shape index (κ2) is 62.8. The highest BCUT2D eigenvalue weighted by Gasteiger charge is 2.65. The van der Waals surface area contributed by atoms with Crippen molar-refractivity contribution in [3.05, 3.63) is 0 Å². The summed E-state index contributed by atoms with van der Waals surface area (Å²) in [7, 11) is 0. The molecular formula is C94H166N4O42. The van der Waals surface area contributed by atoms with Gasteiger partial charge in [-0.2, -0.15) is 0 Å².